The zero-order valence-corrected chi connectivity index (χ0v) is 25.8. The van der Waals surface area contributed by atoms with Crippen LogP contribution < -0.4 is 5.73 Å². The Hall–Kier alpha value is -4.49. The summed E-state index contributed by atoms with van der Waals surface area (Å²) in [5.74, 6) is -0.271. The molecular weight excluding hydrogens is 535 g/mol. The van der Waals surface area contributed by atoms with Crippen molar-refractivity contribution in [1.29, 1.82) is 0 Å². The maximum absolute atomic E-state index is 14.2. The van der Waals surface area contributed by atoms with Crippen molar-refractivity contribution in [3.63, 3.8) is 0 Å². The minimum absolute atomic E-state index is 0.271. The van der Waals surface area contributed by atoms with Crippen LogP contribution in [0.3, 0.4) is 0 Å². The highest BCUT2D eigenvalue weighted by molar-refractivity contribution is 5.94. The number of fused-ring (bicyclic) bond motifs is 1. The second-order valence-corrected chi connectivity index (χ2v) is 10.9. The number of aryl methyl sites for hydroxylation is 2. The highest BCUT2D eigenvalue weighted by atomic mass is 19.1. The zero-order chi connectivity index (χ0) is 30.9. The number of pyridine rings is 1. The molecular formula is C36H43FN6. The number of likely N-dealkylation sites (tertiary alicyclic amines) is 1. The van der Waals surface area contributed by atoms with Crippen LogP contribution in [-0.4, -0.2) is 44.7 Å². The van der Waals surface area contributed by atoms with Crippen molar-refractivity contribution in [2.75, 3.05) is 19.6 Å². The first kappa shape index (κ1) is 31.4. The van der Waals surface area contributed by atoms with Crippen LogP contribution >= 0.6 is 0 Å². The van der Waals surface area contributed by atoms with E-state index in [4.69, 9.17) is 5.73 Å². The Kier molecular flexibility index (Phi) is 10.7. The molecule has 3 aromatic heterocycles. The molecule has 1 aliphatic heterocycles. The molecule has 6 nitrogen and oxygen atoms in total. The minimum Gasteiger partial charge on any atom is -0.399 e. The maximum Gasteiger partial charge on any atom is 0.181 e. The summed E-state index contributed by atoms with van der Waals surface area (Å²) < 4.78 is 14.2. The maximum atomic E-state index is 14.2. The van der Waals surface area contributed by atoms with E-state index < -0.39 is 0 Å². The molecule has 0 spiro atoms. The minimum atomic E-state index is -0.271. The lowest BCUT2D eigenvalue weighted by Gasteiger charge is -2.11. The normalized spacial score (nSPS) is 14.6. The molecule has 1 fully saturated rings. The van der Waals surface area contributed by atoms with E-state index in [9.17, 15) is 4.39 Å². The number of aromatic nitrogens is 4. The van der Waals surface area contributed by atoms with E-state index in [1.807, 2.05) is 57.2 Å². The van der Waals surface area contributed by atoms with Gasteiger partial charge < -0.3 is 15.6 Å². The summed E-state index contributed by atoms with van der Waals surface area (Å²) in [5, 5.41) is 8.38. The second kappa shape index (κ2) is 14.6. The van der Waals surface area contributed by atoms with Gasteiger partial charge in [-0.3, -0.25) is 5.10 Å². The van der Waals surface area contributed by atoms with Gasteiger partial charge in [0, 0.05) is 34.1 Å². The molecule has 0 amide bonds. The lowest BCUT2D eigenvalue weighted by atomic mass is 9.96. The van der Waals surface area contributed by atoms with Crippen LogP contribution in [0.4, 0.5) is 4.39 Å². The lowest BCUT2D eigenvalue weighted by Crippen LogP contribution is -2.19. The first-order valence-corrected chi connectivity index (χ1v) is 14.9. The number of H-pyrrole nitrogens is 2. The van der Waals surface area contributed by atoms with Crippen molar-refractivity contribution >= 4 is 22.2 Å². The molecule has 0 saturated carbocycles. The van der Waals surface area contributed by atoms with Gasteiger partial charge >= 0.3 is 0 Å². The van der Waals surface area contributed by atoms with E-state index in [2.05, 4.69) is 45.1 Å². The first-order valence-electron chi connectivity index (χ1n) is 14.9. The molecule has 7 heteroatoms. The molecule has 1 saturated heterocycles. The molecule has 0 atom stereocenters. The van der Waals surface area contributed by atoms with Crippen LogP contribution in [0.1, 0.15) is 61.1 Å². The Morgan fingerprint density at radius 2 is 1.86 bits per heavy atom. The Bertz CT molecular complexity index is 1660. The van der Waals surface area contributed by atoms with Gasteiger partial charge in [0.25, 0.3) is 0 Å². The predicted molar refractivity (Wildman–Crippen MR) is 179 cm³/mol. The number of nitrogens with one attached hydrogen (secondary N) is 2. The fraction of sp³-hybridized carbons (Fsp3) is 0.278. The van der Waals surface area contributed by atoms with E-state index in [1.165, 1.54) is 51.0 Å². The number of halogens is 1. The monoisotopic (exact) mass is 578 g/mol. The van der Waals surface area contributed by atoms with E-state index in [-0.39, 0.29) is 5.82 Å². The Labute approximate surface area is 254 Å². The van der Waals surface area contributed by atoms with Gasteiger partial charge in [-0.15, -0.1) is 0 Å². The van der Waals surface area contributed by atoms with Crippen LogP contribution in [0.2, 0.25) is 0 Å². The number of hydrogen-bond donors (Lipinski definition) is 3. The summed E-state index contributed by atoms with van der Waals surface area (Å²) >= 11 is 0. The summed E-state index contributed by atoms with van der Waals surface area (Å²) in [6, 6.07) is 9.10. The molecule has 0 bridgehead atoms. The third kappa shape index (κ3) is 7.67. The average molecular weight is 579 g/mol. The Morgan fingerprint density at radius 3 is 2.51 bits per heavy atom. The largest absolute Gasteiger partial charge is 0.399 e. The fourth-order valence-electron chi connectivity index (χ4n) is 5.48. The van der Waals surface area contributed by atoms with Crippen molar-refractivity contribution in [3.8, 4) is 11.4 Å². The molecule has 224 valence electrons. The van der Waals surface area contributed by atoms with E-state index in [0.29, 0.717) is 11.3 Å². The molecule has 0 radical (unpaired) electrons. The zero-order valence-electron chi connectivity index (χ0n) is 25.8. The first-order chi connectivity index (χ1) is 20.8. The van der Waals surface area contributed by atoms with Gasteiger partial charge in [-0.25, -0.2) is 9.37 Å². The van der Waals surface area contributed by atoms with Crippen LogP contribution in [0, 0.1) is 19.7 Å². The SMILES string of the molecule is C=C/C=C(/c1cc(C)cc(F)c1)c1cc(-c2[nH]nc3ncc(C(/C=C(/N)C=C)=C/C)cc23)[nH]c1C.CCCN1CCCC1. The number of hydrogen-bond acceptors (Lipinski definition) is 4. The highest BCUT2D eigenvalue weighted by Crippen LogP contribution is 2.34. The summed E-state index contributed by atoms with van der Waals surface area (Å²) in [6.45, 7) is 19.7. The number of benzene rings is 1. The molecule has 0 aliphatic carbocycles. The third-order valence-electron chi connectivity index (χ3n) is 7.56. The van der Waals surface area contributed by atoms with Crippen LogP contribution in [0.25, 0.3) is 33.6 Å². The van der Waals surface area contributed by atoms with Crippen LogP contribution in [0.5, 0.6) is 0 Å². The van der Waals surface area contributed by atoms with Crippen molar-refractivity contribution in [3.05, 3.63) is 120 Å². The number of nitrogens with zero attached hydrogens (tertiary/aromatic N) is 3. The second-order valence-electron chi connectivity index (χ2n) is 10.9. The van der Waals surface area contributed by atoms with Gasteiger partial charge in [0.1, 0.15) is 5.82 Å². The summed E-state index contributed by atoms with van der Waals surface area (Å²) in [5.41, 5.74) is 15.1. The van der Waals surface area contributed by atoms with Crippen molar-refractivity contribution in [1.82, 2.24) is 25.1 Å². The summed E-state index contributed by atoms with van der Waals surface area (Å²) in [6.07, 6.45) is 15.0. The molecule has 4 N–H and O–H groups in total. The lowest BCUT2D eigenvalue weighted by molar-refractivity contribution is 0.339. The van der Waals surface area contributed by atoms with Crippen LogP contribution in [-0.2, 0) is 0 Å². The standard InChI is InChI=1S/C29H28FN5.C7H15N/c1-6-9-24(20-10-17(4)11-22(30)12-20)25-15-27(33-18(25)5)28-26-14-21(16-32-29(26)35-34-28)19(7-2)13-23(31)8-3;1-2-5-8-6-3-4-7-8/h6-16,33H,1,3,31H2,2,4-5H3,(H,32,34,35);2-7H2,1H3/b19-7+,23-13+,24-9-;. The predicted octanol–water partition coefficient (Wildman–Crippen LogP) is 8.25. The summed E-state index contributed by atoms with van der Waals surface area (Å²) in [4.78, 5) is 10.5. The molecule has 43 heavy (non-hydrogen) atoms. The number of nitrogens with two attached hydrogens (primary N) is 1. The third-order valence-corrected chi connectivity index (χ3v) is 7.56. The van der Waals surface area contributed by atoms with E-state index in [1.54, 1.807) is 18.3 Å². The van der Waals surface area contributed by atoms with Gasteiger partial charge in [-0.2, -0.15) is 5.10 Å². The van der Waals surface area contributed by atoms with Gasteiger partial charge in [0.2, 0.25) is 0 Å². The van der Waals surface area contributed by atoms with Crippen molar-refractivity contribution in [2.45, 2.75) is 47.0 Å². The molecule has 4 heterocycles. The molecule has 5 rings (SSSR count). The van der Waals surface area contributed by atoms with Crippen molar-refractivity contribution in [2.24, 2.45) is 5.73 Å². The number of allylic oxidation sites excluding steroid dienone is 6. The molecule has 1 aromatic carbocycles. The quantitative estimate of drug-likeness (QED) is 0.175. The van der Waals surface area contributed by atoms with Gasteiger partial charge in [-0.05, 0) is 118 Å². The Balaban J connectivity index is 0.000000458. The number of aromatic amines is 2. The van der Waals surface area contributed by atoms with E-state index >= 15 is 0 Å². The molecule has 0 unspecified atom stereocenters. The van der Waals surface area contributed by atoms with Crippen LogP contribution in [0.15, 0.2) is 85.8 Å². The molecule has 1 aliphatic rings. The van der Waals surface area contributed by atoms with Gasteiger partial charge in [-0.1, -0.05) is 44.4 Å². The highest BCUT2D eigenvalue weighted by Gasteiger charge is 2.17. The van der Waals surface area contributed by atoms with Gasteiger partial charge in [0.05, 0.1) is 11.4 Å². The summed E-state index contributed by atoms with van der Waals surface area (Å²) in [7, 11) is 0. The fourth-order valence-corrected chi connectivity index (χ4v) is 5.48. The Morgan fingerprint density at radius 1 is 1.09 bits per heavy atom. The van der Waals surface area contributed by atoms with Gasteiger partial charge in [0.15, 0.2) is 5.65 Å². The van der Waals surface area contributed by atoms with Crippen molar-refractivity contribution < 1.29 is 4.39 Å². The topological polar surface area (TPSA) is 86.6 Å². The average Bonchev–Trinajstić information content (AvgIpc) is 3.74. The van der Waals surface area contributed by atoms with E-state index in [0.717, 1.165) is 55.9 Å². The number of rotatable bonds is 9. The smallest absolute Gasteiger partial charge is 0.181 e. The molecule has 4 aromatic rings.